The van der Waals surface area contributed by atoms with Gasteiger partial charge in [-0.25, -0.2) is 0 Å². The normalized spacial score (nSPS) is 10.8. The number of carbonyl (C=O) groups excluding carboxylic acids is 1. The van der Waals surface area contributed by atoms with Crippen molar-refractivity contribution in [2.24, 2.45) is 0 Å². The third-order valence-electron chi connectivity index (χ3n) is 4.16. The molecule has 1 heterocycles. The first-order valence-electron chi connectivity index (χ1n) is 7.79. The van der Waals surface area contributed by atoms with Gasteiger partial charge in [-0.15, -0.1) is 0 Å². The molecule has 0 bridgehead atoms. The molecule has 0 aliphatic rings. The molecule has 0 aliphatic carbocycles. The number of carbonyl (C=O) groups is 1. The van der Waals surface area contributed by atoms with Gasteiger partial charge in [-0.3, -0.25) is 4.79 Å². The molecule has 5 heteroatoms. The highest BCUT2D eigenvalue weighted by molar-refractivity contribution is 6.32. The van der Waals surface area contributed by atoms with Gasteiger partial charge in [-0.1, -0.05) is 29.8 Å². The van der Waals surface area contributed by atoms with Gasteiger partial charge in [0.25, 0.3) is 5.91 Å². The Hall–Kier alpha value is -2.46. The number of methoxy groups -OCH3 is 1. The van der Waals surface area contributed by atoms with Gasteiger partial charge in [-0.05, 0) is 43.7 Å². The fourth-order valence-corrected chi connectivity index (χ4v) is 3.29. The quantitative estimate of drug-likeness (QED) is 0.734. The Labute approximate surface area is 146 Å². The van der Waals surface area contributed by atoms with Gasteiger partial charge in [0.1, 0.15) is 11.4 Å². The van der Waals surface area contributed by atoms with E-state index in [-0.39, 0.29) is 5.91 Å². The van der Waals surface area contributed by atoms with E-state index in [9.17, 15) is 4.79 Å². The molecule has 2 aromatic carbocycles. The Morgan fingerprint density at radius 2 is 2.00 bits per heavy atom. The zero-order valence-electron chi connectivity index (χ0n) is 13.9. The van der Waals surface area contributed by atoms with Crippen LogP contribution >= 0.6 is 11.6 Å². The molecule has 0 unspecified atom stereocenters. The Balaban J connectivity index is 2.00. The third kappa shape index (κ3) is 2.74. The number of fused-ring (bicyclic) bond motifs is 1. The maximum atomic E-state index is 12.8. The summed E-state index contributed by atoms with van der Waals surface area (Å²) < 4.78 is 7.17. The summed E-state index contributed by atoms with van der Waals surface area (Å²) >= 11 is 6.13. The number of nitrogens with one attached hydrogen (secondary N) is 1. The largest absolute Gasteiger partial charge is 0.495 e. The molecule has 4 nitrogen and oxygen atoms in total. The van der Waals surface area contributed by atoms with Crippen LogP contribution in [0.15, 0.2) is 42.5 Å². The second kappa shape index (κ2) is 6.57. The van der Waals surface area contributed by atoms with Crippen molar-refractivity contribution in [3.8, 4) is 5.75 Å². The first-order chi connectivity index (χ1) is 11.6. The number of para-hydroxylation sites is 1. The second-order valence-corrected chi connectivity index (χ2v) is 5.95. The molecule has 1 aromatic heterocycles. The van der Waals surface area contributed by atoms with Gasteiger partial charge in [0.2, 0.25) is 0 Å². The number of hydrogen-bond donors (Lipinski definition) is 1. The summed E-state index contributed by atoms with van der Waals surface area (Å²) in [4.78, 5) is 12.8. The van der Waals surface area contributed by atoms with E-state index in [4.69, 9.17) is 16.3 Å². The summed E-state index contributed by atoms with van der Waals surface area (Å²) in [5.74, 6) is 0.431. The zero-order chi connectivity index (χ0) is 17.3. The molecular weight excluding hydrogens is 324 g/mol. The van der Waals surface area contributed by atoms with Gasteiger partial charge < -0.3 is 14.6 Å². The van der Waals surface area contributed by atoms with Crippen molar-refractivity contribution < 1.29 is 9.53 Å². The lowest BCUT2D eigenvalue weighted by atomic mass is 10.1. The molecule has 24 heavy (non-hydrogen) atoms. The lowest BCUT2D eigenvalue weighted by Gasteiger charge is -2.11. The predicted molar refractivity (Wildman–Crippen MR) is 98.3 cm³/mol. The van der Waals surface area contributed by atoms with E-state index in [2.05, 4.69) is 5.32 Å². The number of hydrogen-bond acceptors (Lipinski definition) is 2. The highest BCUT2D eigenvalue weighted by Crippen LogP contribution is 2.29. The van der Waals surface area contributed by atoms with Crippen molar-refractivity contribution in [2.45, 2.75) is 20.4 Å². The highest BCUT2D eigenvalue weighted by Gasteiger charge is 2.19. The number of halogens is 1. The van der Waals surface area contributed by atoms with E-state index >= 15 is 0 Å². The van der Waals surface area contributed by atoms with Crippen LogP contribution < -0.4 is 10.1 Å². The minimum atomic E-state index is -0.146. The van der Waals surface area contributed by atoms with Gasteiger partial charge in [0.15, 0.2) is 0 Å². The molecule has 1 N–H and O–H groups in total. The zero-order valence-corrected chi connectivity index (χ0v) is 14.6. The Kier molecular flexibility index (Phi) is 4.49. The molecule has 0 saturated carbocycles. The number of rotatable bonds is 4. The minimum absolute atomic E-state index is 0.146. The molecule has 0 spiro atoms. The Bertz CT molecular complexity index is 915. The van der Waals surface area contributed by atoms with Gasteiger partial charge >= 0.3 is 0 Å². The molecule has 1 amide bonds. The average Bonchev–Trinajstić information content (AvgIpc) is 2.87. The summed E-state index contributed by atoms with van der Waals surface area (Å²) in [5.41, 5.74) is 3.35. The second-order valence-electron chi connectivity index (χ2n) is 5.54. The molecular formula is C19H19ClN2O2. The summed E-state index contributed by atoms with van der Waals surface area (Å²) in [6, 6.07) is 13.2. The molecule has 3 aromatic rings. The number of nitrogens with zero attached hydrogens (tertiary/aromatic N) is 1. The number of benzene rings is 2. The van der Waals surface area contributed by atoms with Crippen LogP contribution in [0.3, 0.4) is 0 Å². The van der Waals surface area contributed by atoms with E-state index in [1.807, 2.05) is 42.7 Å². The topological polar surface area (TPSA) is 43.3 Å². The minimum Gasteiger partial charge on any atom is -0.495 e. The molecule has 0 atom stereocenters. The lowest BCUT2D eigenvalue weighted by Crippen LogP contribution is -2.17. The summed E-state index contributed by atoms with van der Waals surface area (Å²) in [5, 5.41) is 4.48. The standard InChI is InChI=1S/C19H19ClN2O2/c1-4-22-16-8-6-5-7-14(16)12(2)18(22)19(23)21-13-9-10-17(24-3)15(20)11-13/h5-11H,4H2,1-3H3,(H,21,23). The van der Waals surface area contributed by atoms with Crippen LogP contribution in [-0.4, -0.2) is 17.6 Å². The molecule has 3 rings (SSSR count). The average molecular weight is 343 g/mol. The molecule has 0 radical (unpaired) electrons. The van der Waals surface area contributed by atoms with Crippen LogP contribution in [0.4, 0.5) is 5.69 Å². The van der Waals surface area contributed by atoms with Crippen LogP contribution in [0, 0.1) is 6.92 Å². The van der Waals surface area contributed by atoms with Crippen molar-refractivity contribution >= 4 is 34.1 Å². The lowest BCUT2D eigenvalue weighted by molar-refractivity contribution is 0.101. The fourth-order valence-electron chi connectivity index (χ4n) is 3.03. The van der Waals surface area contributed by atoms with E-state index in [0.29, 0.717) is 22.2 Å². The number of anilines is 1. The first-order valence-corrected chi connectivity index (χ1v) is 8.17. The van der Waals surface area contributed by atoms with Gasteiger partial charge in [0.05, 0.1) is 12.1 Å². The number of aryl methyl sites for hydroxylation is 2. The number of amides is 1. The van der Waals surface area contributed by atoms with E-state index in [1.165, 1.54) is 0 Å². The monoisotopic (exact) mass is 342 g/mol. The SMILES string of the molecule is CCn1c(C(=O)Nc2ccc(OC)c(Cl)c2)c(C)c2ccccc21. The van der Waals surface area contributed by atoms with Crippen molar-refractivity contribution in [3.63, 3.8) is 0 Å². The maximum absolute atomic E-state index is 12.8. The van der Waals surface area contributed by atoms with Crippen LogP contribution in [-0.2, 0) is 6.54 Å². The van der Waals surface area contributed by atoms with E-state index < -0.39 is 0 Å². The number of ether oxygens (including phenoxy) is 1. The number of aromatic nitrogens is 1. The van der Waals surface area contributed by atoms with Crippen molar-refractivity contribution in [2.75, 3.05) is 12.4 Å². The van der Waals surface area contributed by atoms with Crippen LogP contribution in [0.1, 0.15) is 23.0 Å². The molecule has 0 aliphatic heterocycles. The molecule has 0 saturated heterocycles. The molecule has 124 valence electrons. The fraction of sp³-hybridized carbons (Fsp3) is 0.211. The van der Waals surface area contributed by atoms with Crippen molar-refractivity contribution in [1.29, 1.82) is 0 Å². The third-order valence-corrected chi connectivity index (χ3v) is 4.46. The van der Waals surface area contributed by atoms with E-state index in [1.54, 1.807) is 25.3 Å². The maximum Gasteiger partial charge on any atom is 0.272 e. The van der Waals surface area contributed by atoms with Crippen molar-refractivity contribution in [1.82, 2.24) is 4.57 Å². The smallest absolute Gasteiger partial charge is 0.272 e. The van der Waals surface area contributed by atoms with E-state index in [0.717, 1.165) is 23.0 Å². The summed E-state index contributed by atoms with van der Waals surface area (Å²) in [6.45, 7) is 4.73. The highest BCUT2D eigenvalue weighted by atomic mass is 35.5. The summed E-state index contributed by atoms with van der Waals surface area (Å²) in [6.07, 6.45) is 0. The van der Waals surface area contributed by atoms with Crippen LogP contribution in [0.2, 0.25) is 5.02 Å². The first kappa shape index (κ1) is 16.4. The van der Waals surface area contributed by atoms with Crippen LogP contribution in [0.25, 0.3) is 10.9 Å². The predicted octanol–water partition coefficient (Wildman–Crippen LogP) is 4.88. The van der Waals surface area contributed by atoms with Crippen molar-refractivity contribution in [3.05, 3.63) is 58.7 Å². The molecule has 0 fully saturated rings. The van der Waals surface area contributed by atoms with Gasteiger partial charge in [0, 0.05) is 23.1 Å². The summed E-state index contributed by atoms with van der Waals surface area (Å²) in [7, 11) is 1.56. The Morgan fingerprint density at radius 1 is 1.25 bits per heavy atom. The van der Waals surface area contributed by atoms with Crippen LogP contribution in [0.5, 0.6) is 5.75 Å². The Morgan fingerprint density at radius 3 is 2.67 bits per heavy atom. The van der Waals surface area contributed by atoms with Gasteiger partial charge in [-0.2, -0.15) is 0 Å².